The van der Waals surface area contributed by atoms with Gasteiger partial charge in [-0.05, 0) is 68.0 Å². The van der Waals surface area contributed by atoms with Crippen molar-refractivity contribution in [3.8, 4) is 11.5 Å². The van der Waals surface area contributed by atoms with Gasteiger partial charge in [-0.1, -0.05) is 13.0 Å². The SMILES string of the molecule is CCCOc1ccc(NC(=S)NC(=O)c2cccc(OCCOCC)c2)cc1. The number of amides is 1. The summed E-state index contributed by atoms with van der Waals surface area (Å²) >= 11 is 5.22. The molecule has 1 amide bonds. The van der Waals surface area contributed by atoms with Gasteiger partial charge in [-0.3, -0.25) is 10.1 Å². The summed E-state index contributed by atoms with van der Waals surface area (Å²) in [5.41, 5.74) is 1.23. The van der Waals surface area contributed by atoms with Crippen LogP contribution in [0.1, 0.15) is 30.6 Å². The number of anilines is 1. The van der Waals surface area contributed by atoms with Crippen molar-refractivity contribution in [3.63, 3.8) is 0 Å². The van der Waals surface area contributed by atoms with E-state index in [1.807, 2.05) is 31.2 Å². The van der Waals surface area contributed by atoms with Gasteiger partial charge in [0.15, 0.2) is 5.11 Å². The Morgan fingerprint density at radius 3 is 2.43 bits per heavy atom. The van der Waals surface area contributed by atoms with E-state index in [1.165, 1.54) is 0 Å². The minimum Gasteiger partial charge on any atom is -0.494 e. The van der Waals surface area contributed by atoms with Crippen LogP contribution in [0.15, 0.2) is 48.5 Å². The largest absolute Gasteiger partial charge is 0.494 e. The van der Waals surface area contributed by atoms with Crippen LogP contribution >= 0.6 is 12.2 Å². The average Bonchev–Trinajstić information content (AvgIpc) is 2.71. The quantitative estimate of drug-likeness (QED) is 0.462. The summed E-state index contributed by atoms with van der Waals surface area (Å²) < 4.78 is 16.3. The summed E-state index contributed by atoms with van der Waals surface area (Å²) in [5, 5.41) is 5.87. The standard InChI is InChI=1S/C21H26N2O4S/c1-3-12-26-18-10-8-17(9-11-18)22-21(28)23-20(24)16-6-5-7-19(15-16)27-14-13-25-4-2/h5-11,15H,3-4,12-14H2,1-2H3,(H2,22,23,24,28). The molecule has 0 aliphatic carbocycles. The number of benzene rings is 2. The smallest absolute Gasteiger partial charge is 0.257 e. The molecule has 0 fully saturated rings. The number of nitrogens with one attached hydrogen (secondary N) is 2. The van der Waals surface area contributed by atoms with E-state index in [2.05, 4.69) is 17.6 Å². The van der Waals surface area contributed by atoms with Gasteiger partial charge in [0.05, 0.1) is 13.2 Å². The van der Waals surface area contributed by atoms with Gasteiger partial charge in [-0.25, -0.2) is 0 Å². The number of rotatable bonds is 10. The van der Waals surface area contributed by atoms with Crippen molar-refractivity contribution in [3.05, 3.63) is 54.1 Å². The van der Waals surface area contributed by atoms with Crippen LogP contribution in [0, 0.1) is 0 Å². The zero-order valence-electron chi connectivity index (χ0n) is 16.2. The molecule has 28 heavy (non-hydrogen) atoms. The van der Waals surface area contributed by atoms with Crippen LogP contribution in [0.3, 0.4) is 0 Å². The summed E-state index contributed by atoms with van der Waals surface area (Å²) in [6.45, 7) is 6.23. The maximum Gasteiger partial charge on any atom is 0.257 e. The second-order valence-electron chi connectivity index (χ2n) is 5.85. The third-order valence-corrected chi connectivity index (χ3v) is 3.81. The number of ether oxygens (including phenoxy) is 3. The highest BCUT2D eigenvalue weighted by molar-refractivity contribution is 7.80. The second kappa shape index (κ2) is 11.9. The van der Waals surface area contributed by atoms with Gasteiger partial charge in [-0.15, -0.1) is 0 Å². The minimum absolute atomic E-state index is 0.217. The molecule has 2 N–H and O–H groups in total. The Morgan fingerprint density at radius 2 is 1.71 bits per heavy atom. The molecule has 0 saturated heterocycles. The van der Waals surface area contributed by atoms with E-state index in [4.69, 9.17) is 26.4 Å². The summed E-state index contributed by atoms with van der Waals surface area (Å²) in [7, 11) is 0. The Morgan fingerprint density at radius 1 is 0.964 bits per heavy atom. The van der Waals surface area contributed by atoms with Crippen LogP contribution in [0.25, 0.3) is 0 Å². The van der Waals surface area contributed by atoms with Crippen molar-refractivity contribution >= 4 is 28.9 Å². The normalized spacial score (nSPS) is 10.2. The molecule has 0 aromatic heterocycles. The Bertz CT molecular complexity index is 765. The van der Waals surface area contributed by atoms with Gasteiger partial charge in [0.2, 0.25) is 0 Å². The summed E-state index contributed by atoms with van der Waals surface area (Å²) in [6.07, 6.45) is 0.953. The van der Waals surface area contributed by atoms with E-state index in [9.17, 15) is 4.79 Å². The summed E-state index contributed by atoms with van der Waals surface area (Å²) in [6, 6.07) is 14.3. The fourth-order valence-electron chi connectivity index (χ4n) is 2.28. The third kappa shape index (κ3) is 7.54. The van der Waals surface area contributed by atoms with Crippen molar-refractivity contribution in [2.24, 2.45) is 0 Å². The van der Waals surface area contributed by atoms with Crippen LogP contribution in [-0.4, -0.2) is 37.4 Å². The molecule has 7 heteroatoms. The molecule has 0 saturated carbocycles. The van der Waals surface area contributed by atoms with Gasteiger partial charge in [0, 0.05) is 17.9 Å². The zero-order chi connectivity index (χ0) is 20.2. The Balaban J connectivity index is 1.85. The molecule has 0 spiro atoms. The van der Waals surface area contributed by atoms with Gasteiger partial charge >= 0.3 is 0 Å². The molecule has 0 unspecified atom stereocenters. The number of hydrogen-bond acceptors (Lipinski definition) is 5. The molecule has 0 bridgehead atoms. The van der Waals surface area contributed by atoms with Crippen molar-refractivity contribution in [2.45, 2.75) is 20.3 Å². The number of thiocarbonyl (C=S) groups is 1. The van der Waals surface area contributed by atoms with Crippen molar-refractivity contribution in [2.75, 3.05) is 31.7 Å². The van der Waals surface area contributed by atoms with E-state index in [0.29, 0.717) is 37.7 Å². The highest BCUT2D eigenvalue weighted by atomic mass is 32.1. The fourth-order valence-corrected chi connectivity index (χ4v) is 2.49. The first-order valence-electron chi connectivity index (χ1n) is 9.28. The molecule has 2 aromatic carbocycles. The van der Waals surface area contributed by atoms with Crippen LogP contribution in [0.2, 0.25) is 0 Å². The molecular formula is C21H26N2O4S. The first-order chi connectivity index (χ1) is 13.6. The van der Waals surface area contributed by atoms with E-state index in [0.717, 1.165) is 17.9 Å². The van der Waals surface area contributed by atoms with Gasteiger partial charge < -0.3 is 19.5 Å². The molecule has 2 aromatic rings. The molecule has 6 nitrogen and oxygen atoms in total. The fraction of sp³-hybridized carbons (Fsp3) is 0.333. The molecule has 0 radical (unpaired) electrons. The van der Waals surface area contributed by atoms with E-state index in [1.54, 1.807) is 24.3 Å². The van der Waals surface area contributed by atoms with Crippen LogP contribution in [0.5, 0.6) is 11.5 Å². The Hall–Kier alpha value is -2.64. The second-order valence-corrected chi connectivity index (χ2v) is 6.26. The molecule has 2 rings (SSSR count). The molecular weight excluding hydrogens is 376 g/mol. The van der Waals surface area contributed by atoms with Gasteiger partial charge in [0.1, 0.15) is 18.1 Å². The molecule has 0 heterocycles. The van der Waals surface area contributed by atoms with Crippen molar-refractivity contribution < 1.29 is 19.0 Å². The molecule has 0 aliphatic rings. The zero-order valence-corrected chi connectivity index (χ0v) is 17.0. The van der Waals surface area contributed by atoms with Gasteiger partial charge in [-0.2, -0.15) is 0 Å². The first kappa shape index (κ1) is 21.7. The highest BCUT2D eigenvalue weighted by Crippen LogP contribution is 2.16. The highest BCUT2D eigenvalue weighted by Gasteiger charge is 2.09. The van der Waals surface area contributed by atoms with E-state index < -0.39 is 0 Å². The molecule has 150 valence electrons. The van der Waals surface area contributed by atoms with Crippen LogP contribution in [0.4, 0.5) is 5.69 Å². The lowest BCUT2D eigenvalue weighted by atomic mass is 10.2. The lowest BCUT2D eigenvalue weighted by Crippen LogP contribution is -2.34. The predicted molar refractivity (Wildman–Crippen MR) is 114 cm³/mol. The topological polar surface area (TPSA) is 68.8 Å². The third-order valence-electron chi connectivity index (χ3n) is 3.61. The average molecular weight is 403 g/mol. The summed E-state index contributed by atoms with van der Waals surface area (Å²) in [5.74, 6) is 1.09. The molecule has 0 aliphatic heterocycles. The predicted octanol–water partition coefficient (Wildman–Crippen LogP) is 4.02. The minimum atomic E-state index is -0.310. The number of hydrogen-bond donors (Lipinski definition) is 2. The van der Waals surface area contributed by atoms with Gasteiger partial charge in [0.25, 0.3) is 5.91 Å². The maximum absolute atomic E-state index is 12.4. The van der Waals surface area contributed by atoms with Crippen LogP contribution in [-0.2, 0) is 4.74 Å². The van der Waals surface area contributed by atoms with E-state index >= 15 is 0 Å². The lowest BCUT2D eigenvalue weighted by Gasteiger charge is -2.11. The lowest BCUT2D eigenvalue weighted by molar-refractivity contribution is 0.0976. The first-order valence-corrected chi connectivity index (χ1v) is 9.69. The monoisotopic (exact) mass is 402 g/mol. The molecule has 0 atom stereocenters. The number of carbonyl (C=O) groups is 1. The Labute approximate surface area is 171 Å². The number of carbonyl (C=O) groups excluding carboxylic acids is 1. The van der Waals surface area contributed by atoms with Crippen molar-refractivity contribution in [1.29, 1.82) is 0 Å². The van der Waals surface area contributed by atoms with Crippen molar-refractivity contribution in [1.82, 2.24) is 5.32 Å². The Kier molecular flexibility index (Phi) is 9.24. The maximum atomic E-state index is 12.4. The summed E-state index contributed by atoms with van der Waals surface area (Å²) in [4.78, 5) is 12.4. The van der Waals surface area contributed by atoms with Crippen LogP contribution < -0.4 is 20.1 Å². The van der Waals surface area contributed by atoms with E-state index in [-0.39, 0.29) is 11.0 Å².